The van der Waals surface area contributed by atoms with Crippen molar-refractivity contribution in [2.45, 2.75) is 38.5 Å². The van der Waals surface area contributed by atoms with Crippen molar-refractivity contribution < 1.29 is 14.3 Å². The van der Waals surface area contributed by atoms with Crippen molar-refractivity contribution in [3.05, 3.63) is 64.1 Å². The van der Waals surface area contributed by atoms with E-state index >= 15 is 0 Å². The molecular formula is C22H28N2O4. The first-order valence-electron chi connectivity index (χ1n) is 9.81. The average Bonchev–Trinajstić information content (AvgIpc) is 2.70. The quantitative estimate of drug-likeness (QED) is 0.655. The minimum Gasteiger partial charge on any atom is -0.465 e. The van der Waals surface area contributed by atoms with E-state index in [2.05, 4.69) is 4.90 Å². The van der Waals surface area contributed by atoms with Crippen LogP contribution in [0.4, 0.5) is 0 Å². The number of pyridine rings is 1. The van der Waals surface area contributed by atoms with E-state index in [1.807, 2.05) is 14.1 Å². The Hall–Kier alpha value is -2.44. The van der Waals surface area contributed by atoms with E-state index in [0.717, 1.165) is 38.8 Å². The molecule has 0 amide bonds. The smallest absolute Gasteiger partial charge is 0.251 e. The zero-order chi connectivity index (χ0) is 19.9. The van der Waals surface area contributed by atoms with Gasteiger partial charge in [-0.25, -0.2) is 0 Å². The van der Waals surface area contributed by atoms with Gasteiger partial charge in [0.05, 0.1) is 6.61 Å². The van der Waals surface area contributed by atoms with Gasteiger partial charge in [0, 0.05) is 36.4 Å². The van der Waals surface area contributed by atoms with Crippen LogP contribution in [0.1, 0.15) is 41.6 Å². The maximum Gasteiger partial charge on any atom is 0.251 e. The molecule has 1 aromatic heterocycles. The normalized spacial score (nSPS) is 16.9. The van der Waals surface area contributed by atoms with Gasteiger partial charge in [0.25, 0.3) is 5.56 Å². The van der Waals surface area contributed by atoms with E-state index < -0.39 is 0 Å². The summed E-state index contributed by atoms with van der Waals surface area (Å²) in [6, 6.07) is 10.1. The highest BCUT2D eigenvalue weighted by molar-refractivity contribution is 6.08. The summed E-state index contributed by atoms with van der Waals surface area (Å²) in [5.74, 6) is 0.512. The lowest BCUT2D eigenvalue weighted by Crippen LogP contribution is -2.25. The van der Waals surface area contributed by atoms with Gasteiger partial charge < -0.3 is 18.9 Å². The molecule has 28 heavy (non-hydrogen) atoms. The molecule has 3 rings (SSSR count). The van der Waals surface area contributed by atoms with E-state index in [9.17, 15) is 9.59 Å². The second-order valence-corrected chi connectivity index (χ2v) is 7.37. The molecular weight excluding hydrogens is 356 g/mol. The first-order valence-corrected chi connectivity index (χ1v) is 9.81. The Morgan fingerprint density at radius 2 is 1.96 bits per heavy atom. The van der Waals surface area contributed by atoms with Crippen molar-refractivity contribution in [3.63, 3.8) is 0 Å². The molecule has 1 unspecified atom stereocenters. The van der Waals surface area contributed by atoms with Gasteiger partial charge in [-0.05, 0) is 70.2 Å². The summed E-state index contributed by atoms with van der Waals surface area (Å²) in [5.41, 5.74) is 0.777. The summed E-state index contributed by atoms with van der Waals surface area (Å²) in [4.78, 5) is 27.1. The van der Waals surface area contributed by atoms with Gasteiger partial charge in [0.1, 0.15) is 5.75 Å². The molecule has 1 aliphatic rings. The molecule has 6 heteroatoms. The largest absolute Gasteiger partial charge is 0.465 e. The lowest BCUT2D eigenvalue weighted by molar-refractivity contribution is -0.105. The summed E-state index contributed by atoms with van der Waals surface area (Å²) in [6.07, 6.45) is 5.42. The molecule has 1 fully saturated rings. The third kappa shape index (κ3) is 5.53. The number of hydrogen-bond acceptors (Lipinski definition) is 5. The molecule has 2 aromatic rings. The molecule has 0 N–H and O–H groups in total. The van der Waals surface area contributed by atoms with Gasteiger partial charge in [-0.2, -0.15) is 0 Å². The van der Waals surface area contributed by atoms with Crippen LogP contribution in [0.25, 0.3) is 0 Å². The molecule has 0 aliphatic carbocycles. The third-order valence-electron chi connectivity index (χ3n) is 4.78. The van der Waals surface area contributed by atoms with Crippen molar-refractivity contribution >= 4 is 5.78 Å². The summed E-state index contributed by atoms with van der Waals surface area (Å²) >= 11 is 0. The molecule has 6 nitrogen and oxygen atoms in total. The van der Waals surface area contributed by atoms with Crippen LogP contribution in [-0.4, -0.2) is 48.8 Å². The Morgan fingerprint density at radius 1 is 1.18 bits per heavy atom. The summed E-state index contributed by atoms with van der Waals surface area (Å²) < 4.78 is 13.0. The minimum absolute atomic E-state index is 0.154. The van der Waals surface area contributed by atoms with Crippen LogP contribution >= 0.6 is 0 Å². The molecule has 0 radical (unpaired) electrons. The van der Waals surface area contributed by atoms with Crippen molar-refractivity contribution in [3.8, 4) is 5.75 Å². The monoisotopic (exact) mass is 384 g/mol. The number of carbonyl (C=O) groups is 1. The van der Waals surface area contributed by atoms with E-state index in [4.69, 9.17) is 9.47 Å². The van der Waals surface area contributed by atoms with E-state index in [1.54, 1.807) is 41.1 Å². The Labute approximate surface area is 165 Å². The van der Waals surface area contributed by atoms with Crippen molar-refractivity contribution in [1.29, 1.82) is 0 Å². The van der Waals surface area contributed by atoms with Gasteiger partial charge in [-0.15, -0.1) is 0 Å². The van der Waals surface area contributed by atoms with Crippen LogP contribution in [0.15, 0.2) is 47.4 Å². The fourth-order valence-electron chi connectivity index (χ4n) is 3.20. The predicted molar refractivity (Wildman–Crippen MR) is 108 cm³/mol. The second-order valence-electron chi connectivity index (χ2n) is 7.37. The molecule has 150 valence electrons. The van der Waals surface area contributed by atoms with E-state index in [1.165, 1.54) is 6.07 Å². The Kier molecular flexibility index (Phi) is 7.01. The Bertz CT molecular complexity index is 836. The number of ether oxygens (including phenoxy) is 2. The first kappa shape index (κ1) is 20.3. The maximum absolute atomic E-state index is 12.7. The van der Waals surface area contributed by atoms with Crippen molar-refractivity contribution in [2.75, 3.05) is 27.2 Å². The summed E-state index contributed by atoms with van der Waals surface area (Å²) in [5, 5.41) is 0. The van der Waals surface area contributed by atoms with Crippen LogP contribution in [0.2, 0.25) is 0 Å². The number of aromatic nitrogens is 1. The highest BCUT2D eigenvalue weighted by atomic mass is 16.7. The molecule has 1 aliphatic heterocycles. The average molecular weight is 384 g/mol. The highest BCUT2D eigenvalue weighted by Crippen LogP contribution is 2.20. The number of rotatable bonds is 8. The summed E-state index contributed by atoms with van der Waals surface area (Å²) in [7, 11) is 4.01. The van der Waals surface area contributed by atoms with Gasteiger partial charge in [0.2, 0.25) is 0 Å². The SMILES string of the molecule is CN(C)CCCn1ccc(C(=O)c2ccc(OC3CCCCO3)cc2)cc1=O. The standard InChI is InChI=1S/C22H28N2O4/c1-23(2)12-5-13-24-14-11-18(16-20(24)25)22(26)17-7-9-19(10-8-17)28-21-6-3-4-15-27-21/h7-11,14,16,21H,3-6,12-13,15H2,1-2H3. The number of nitrogens with zero attached hydrogens (tertiary/aromatic N) is 2. The number of ketones is 1. The molecule has 1 saturated heterocycles. The molecule has 1 atom stereocenters. The Balaban J connectivity index is 1.63. The van der Waals surface area contributed by atoms with Gasteiger partial charge in [-0.1, -0.05) is 0 Å². The lowest BCUT2D eigenvalue weighted by atomic mass is 10.0. The third-order valence-corrected chi connectivity index (χ3v) is 4.78. The minimum atomic E-state index is -0.213. The topological polar surface area (TPSA) is 60.8 Å². The zero-order valence-corrected chi connectivity index (χ0v) is 16.6. The molecule has 0 spiro atoms. The fraction of sp³-hybridized carbons (Fsp3) is 0.455. The van der Waals surface area contributed by atoms with Gasteiger partial charge in [0.15, 0.2) is 12.1 Å². The number of carbonyl (C=O) groups excluding carboxylic acids is 1. The second kappa shape index (κ2) is 9.66. The van der Waals surface area contributed by atoms with E-state index in [-0.39, 0.29) is 17.6 Å². The highest BCUT2D eigenvalue weighted by Gasteiger charge is 2.16. The van der Waals surface area contributed by atoms with Crippen LogP contribution in [0.3, 0.4) is 0 Å². The molecule has 2 heterocycles. The van der Waals surface area contributed by atoms with Crippen molar-refractivity contribution in [2.24, 2.45) is 0 Å². The molecule has 1 aromatic carbocycles. The fourth-order valence-corrected chi connectivity index (χ4v) is 3.20. The number of hydrogen-bond donors (Lipinski definition) is 0. The van der Waals surface area contributed by atoms with Gasteiger partial charge in [-0.3, -0.25) is 9.59 Å². The van der Waals surface area contributed by atoms with Crippen LogP contribution in [0, 0.1) is 0 Å². The number of aryl methyl sites for hydroxylation is 1. The van der Waals surface area contributed by atoms with Crippen LogP contribution < -0.4 is 10.3 Å². The Morgan fingerprint density at radius 3 is 2.61 bits per heavy atom. The van der Waals surface area contributed by atoms with E-state index in [0.29, 0.717) is 23.4 Å². The van der Waals surface area contributed by atoms with Crippen LogP contribution in [-0.2, 0) is 11.3 Å². The zero-order valence-electron chi connectivity index (χ0n) is 16.6. The molecule has 0 bridgehead atoms. The molecule has 0 saturated carbocycles. The van der Waals surface area contributed by atoms with Crippen LogP contribution in [0.5, 0.6) is 5.75 Å². The number of benzene rings is 1. The summed E-state index contributed by atoms with van der Waals surface area (Å²) in [6.45, 7) is 2.27. The lowest BCUT2D eigenvalue weighted by Gasteiger charge is -2.23. The van der Waals surface area contributed by atoms with Gasteiger partial charge >= 0.3 is 0 Å². The predicted octanol–water partition coefficient (Wildman–Crippen LogP) is 2.94. The van der Waals surface area contributed by atoms with Crippen molar-refractivity contribution in [1.82, 2.24) is 9.47 Å². The maximum atomic E-state index is 12.7. The first-order chi connectivity index (χ1) is 13.5.